The van der Waals surface area contributed by atoms with Crippen LogP contribution in [0.15, 0.2) is 18.2 Å². The zero-order valence-electron chi connectivity index (χ0n) is 8.83. The Morgan fingerprint density at radius 3 is 2.65 bits per heavy atom. The van der Waals surface area contributed by atoms with Gasteiger partial charge in [0.15, 0.2) is 17.6 Å². The van der Waals surface area contributed by atoms with E-state index >= 15 is 0 Å². The summed E-state index contributed by atoms with van der Waals surface area (Å²) in [6.07, 6.45) is -7.55. The van der Waals surface area contributed by atoms with Gasteiger partial charge in [-0.1, -0.05) is 12.1 Å². The Balaban J connectivity index is 2.22. The van der Waals surface area contributed by atoms with Gasteiger partial charge < -0.3 is 14.6 Å². The lowest BCUT2D eigenvalue weighted by atomic mass is 10.1. The lowest BCUT2D eigenvalue weighted by Crippen LogP contribution is -2.31. The molecule has 0 saturated carbocycles. The van der Waals surface area contributed by atoms with Crippen molar-refractivity contribution in [2.45, 2.75) is 18.7 Å². The minimum Gasteiger partial charge on any atom is -0.486 e. The molecule has 1 N–H and O–H groups in total. The number of hydrogen-bond donors (Lipinski definition) is 1. The van der Waals surface area contributed by atoms with Gasteiger partial charge in [0.2, 0.25) is 0 Å². The third-order valence-electron chi connectivity index (χ3n) is 2.44. The minimum atomic E-state index is -4.63. The van der Waals surface area contributed by atoms with Crippen LogP contribution in [0.1, 0.15) is 5.56 Å². The second-order valence-corrected chi connectivity index (χ2v) is 3.70. The van der Waals surface area contributed by atoms with E-state index in [1.165, 1.54) is 6.07 Å². The fraction of sp³-hybridized carbons (Fsp3) is 0.455. The van der Waals surface area contributed by atoms with Crippen LogP contribution in [0.4, 0.5) is 13.2 Å². The van der Waals surface area contributed by atoms with Gasteiger partial charge in [-0.05, 0) is 6.07 Å². The molecule has 1 atom stereocenters. The zero-order valence-corrected chi connectivity index (χ0v) is 8.83. The highest BCUT2D eigenvalue weighted by Gasteiger charge is 2.38. The molecule has 0 aromatic heterocycles. The molecule has 1 aliphatic rings. The molecule has 0 bridgehead atoms. The van der Waals surface area contributed by atoms with E-state index in [0.29, 0.717) is 30.3 Å². The lowest BCUT2D eigenvalue weighted by molar-refractivity contribution is -0.203. The lowest BCUT2D eigenvalue weighted by Gasteiger charge is -2.22. The van der Waals surface area contributed by atoms with Gasteiger partial charge in [-0.25, -0.2) is 0 Å². The second-order valence-electron chi connectivity index (χ2n) is 3.70. The van der Waals surface area contributed by atoms with Crippen LogP contribution >= 0.6 is 0 Å². The smallest absolute Gasteiger partial charge is 0.414 e. The van der Waals surface area contributed by atoms with Crippen LogP contribution in [-0.4, -0.2) is 30.6 Å². The SMILES string of the molecule is OC(Cc1cccc2c1OCCO2)C(F)(F)F. The predicted octanol–water partition coefficient (Wildman–Crippen LogP) is 1.92. The summed E-state index contributed by atoms with van der Waals surface area (Å²) in [6, 6.07) is 4.69. The van der Waals surface area contributed by atoms with E-state index in [2.05, 4.69) is 0 Å². The fourth-order valence-electron chi connectivity index (χ4n) is 1.62. The standard InChI is InChI=1S/C11H11F3O3/c12-11(13,14)9(15)6-7-2-1-3-8-10(7)17-5-4-16-8/h1-3,9,15H,4-6H2. The number of alkyl halides is 3. The Labute approximate surface area is 95.8 Å². The normalized spacial score (nSPS) is 16.7. The number of para-hydroxylation sites is 1. The van der Waals surface area contributed by atoms with E-state index in [9.17, 15) is 13.2 Å². The van der Waals surface area contributed by atoms with Gasteiger partial charge in [0.05, 0.1) is 0 Å². The second kappa shape index (κ2) is 4.44. The van der Waals surface area contributed by atoms with Crippen LogP contribution in [0.25, 0.3) is 0 Å². The van der Waals surface area contributed by atoms with E-state index in [1.807, 2.05) is 0 Å². The number of benzene rings is 1. The molecule has 1 aromatic rings. The van der Waals surface area contributed by atoms with Crippen LogP contribution in [0.2, 0.25) is 0 Å². The quantitative estimate of drug-likeness (QED) is 0.869. The van der Waals surface area contributed by atoms with Gasteiger partial charge in [-0.2, -0.15) is 13.2 Å². The topological polar surface area (TPSA) is 38.7 Å². The van der Waals surface area contributed by atoms with Crippen molar-refractivity contribution < 1.29 is 27.8 Å². The molecule has 0 radical (unpaired) electrons. The Bertz CT molecular complexity index is 403. The third-order valence-corrected chi connectivity index (χ3v) is 2.44. The summed E-state index contributed by atoms with van der Waals surface area (Å²) in [5.74, 6) is 0.713. The summed E-state index contributed by atoms with van der Waals surface area (Å²) in [6.45, 7) is 0.671. The molecule has 1 unspecified atom stereocenters. The molecule has 0 saturated heterocycles. The predicted molar refractivity (Wildman–Crippen MR) is 53.2 cm³/mol. The van der Waals surface area contributed by atoms with Crippen LogP contribution in [0.5, 0.6) is 11.5 Å². The monoisotopic (exact) mass is 248 g/mol. The van der Waals surface area contributed by atoms with E-state index in [1.54, 1.807) is 12.1 Å². The van der Waals surface area contributed by atoms with Crippen molar-refractivity contribution in [2.24, 2.45) is 0 Å². The van der Waals surface area contributed by atoms with E-state index in [4.69, 9.17) is 14.6 Å². The molecular formula is C11H11F3O3. The number of halogens is 3. The fourth-order valence-corrected chi connectivity index (χ4v) is 1.62. The number of fused-ring (bicyclic) bond motifs is 1. The molecule has 17 heavy (non-hydrogen) atoms. The molecule has 1 aliphatic heterocycles. The van der Waals surface area contributed by atoms with Gasteiger partial charge >= 0.3 is 6.18 Å². The molecule has 2 rings (SSSR count). The molecule has 6 heteroatoms. The number of rotatable bonds is 2. The van der Waals surface area contributed by atoms with Gasteiger partial charge in [0.25, 0.3) is 0 Å². The summed E-state index contributed by atoms with van der Waals surface area (Å²) < 4.78 is 47.2. The number of hydrogen-bond acceptors (Lipinski definition) is 3. The highest BCUT2D eigenvalue weighted by Crippen LogP contribution is 2.35. The highest BCUT2D eigenvalue weighted by atomic mass is 19.4. The Kier molecular flexibility index (Phi) is 3.15. The first-order valence-electron chi connectivity index (χ1n) is 5.11. The van der Waals surface area contributed by atoms with Crippen LogP contribution in [-0.2, 0) is 6.42 Å². The van der Waals surface area contributed by atoms with Crippen LogP contribution < -0.4 is 9.47 Å². The molecule has 1 heterocycles. The molecule has 0 aliphatic carbocycles. The maximum absolute atomic E-state index is 12.2. The molecular weight excluding hydrogens is 237 g/mol. The Hall–Kier alpha value is -1.43. The highest BCUT2D eigenvalue weighted by molar-refractivity contribution is 5.47. The third kappa shape index (κ3) is 2.63. The van der Waals surface area contributed by atoms with E-state index in [-0.39, 0.29) is 0 Å². The first-order chi connectivity index (χ1) is 7.98. The van der Waals surface area contributed by atoms with Gasteiger partial charge in [-0.3, -0.25) is 0 Å². The number of ether oxygens (including phenoxy) is 2. The van der Waals surface area contributed by atoms with Crippen molar-refractivity contribution >= 4 is 0 Å². The Morgan fingerprint density at radius 2 is 1.94 bits per heavy atom. The summed E-state index contributed by atoms with van der Waals surface area (Å²) >= 11 is 0. The van der Waals surface area contributed by atoms with E-state index < -0.39 is 18.7 Å². The van der Waals surface area contributed by atoms with Crippen molar-refractivity contribution in [3.05, 3.63) is 23.8 Å². The first kappa shape index (κ1) is 12.0. The summed E-state index contributed by atoms with van der Waals surface area (Å²) in [7, 11) is 0. The van der Waals surface area contributed by atoms with Crippen molar-refractivity contribution in [1.82, 2.24) is 0 Å². The summed E-state index contributed by atoms with van der Waals surface area (Å²) in [5, 5.41) is 9.02. The maximum atomic E-state index is 12.2. The van der Waals surface area contributed by atoms with Crippen molar-refractivity contribution in [1.29, 1.82) is 0 Å². The first-order valence-corrected chi connectivity index (χ1v) is 5.11. The van der Waals surface area contributed by atoms with Crippen molar-refractivity contribution in [2.75, 3.05) is 13.2 Å². The van der Waals surface area contributed by atoms with Crippen molar-refractivity contribution in [3.63, 3.8) is 0 Å². The molecule has 0 amide bonds. The van der Waals surface area contributed by atoms with Crippen LogP contribution in [0.3, 0.4) is 0 Å². The molecule has 1 aromatic carbocycles. The number of aliphatic hydroxyl groups is 1. The minimum absolute atomic E-state index is 0.294. The van der Waals surface area contributed by atoms with Crippen LogP contribution in [0, 0.1) is 0 Å². The number of aliphatic hydroxyl groups excluding tert-OH is 1. The van der Waals surface area contributed by atoms with Gasteiger partial charge in [0.1, 0.15) is 13.2 Å². The summed E-state index contributed by atoms with van der Waals surface area (Å²) in [4.78, 5) is 0. The van der Waals surface area contributed by atoms with Crippen molar-refractivity contribution in [3.8, 4) is 11.5 Å². The molecule has 0 spiro atoms. The molecule has 94 valence electrons. The Morgan fingerprint density at radius 1 is 1.24 bits per heavy atom. The zero-order chi connectivity index (χ0) is 12.5. The molecule has 3 nitrogen and oxygen atoms in total. The average Bonchev–Trinajstić information content (AvgIpc) is 2.28. The summed E-state index contributed by atoms with van der Waals surface area (Å²) in [5.41, 5.74) is 0.298. The molecule has 0 fully saturated rings. The van der Waals surface area contributed by atoms with Gasteiger partial charge in [0, 0.05) is 12.0 Å². The van der Waals surface area contributed by atoms with Gasteiger partial charge in [-0.15, -0.1) is 0 Å². The largest absolute Gasteiger partial charge is 0.486 e. The maximum Gasteiger partial charge on any atom is 0.414 e. The average molecular weight is 248 g/mol. The van der Waals surface area contributed by atoms with E-state index in [0.717, 1.165) is 0 Å².